The van der Waals surface area contributed by atoms with Crippen LogP contribution in [0.4, 0.5) is 11.4 Å². The number of hydrogen-bond acceptors (Lipinski definition) is 5. The predicted molar refractivity (Wildman–Crippen MR) is 96.5 cm³/mol. The minimum Gasteiger partial charge on any atom is -0.465 e. The Balaban J connectivity index is 1.83. The lowest BCUT2D eigenvalue weighted by molar-refractivity contribution is 0.0596. The molecule has 1 fully saturated rings. The van der Waals surface area contributed by atoms with Crippen LogP contribution in [0.1, 0.15) is 23.2 Å². The molecule has 0 radical (unpaired) electrons. The van der Waals surface area contributed by atoms with E-state index in [-0.39, 0.29) is 10.5 Å². The quantitative estimate of drug-likeness (QED) is 0.830. The van der Waals surface area contributed by atoms with Crippen molar-refractivity contribution >= 4 is 27.4 Å². The average Bonchev–Trinajstić information content (AvgIpc) is 3.16. The smallest absolute Gasteiger partial charge is 0.339 e. The molecule has 0 aliphatic carbocycles. The van der Waals surface area contributed by atoms with Gasteiger partial charge in [-0.3, -0.25) is 4.72 Å². The molecular weight excluding hydrogens is 340 g/mol. The van der Waals surface area contributed by atoms with Crippen molar-refractivity contribution in [1.29, 1.82) is 0 Å². The third-order valence-electron chi connectivity index (χ3n) is 4.17. The number of benzene rings is 2. The first-order valence-corrected chi connectivity index (χ1v) is 9.55. The summed E-state index contributed by atoms with van der Waals surface area (Å²) in [4.78, 5) is 14.0. The molecule has 1 aliphatic rings. The summed E-state index contributed by atoms with van der Waals surface area (Å²) >= 11 is 0. The van der Waals surface area contributed by atoms with Crippen LogP contribution in [0, 0.1) is 0 Å². The van der Waals surface area contributed by atoms with Gasteiger partial charge in [-0.05, 0) is 49.2 Å². The van der Waals surface area contributed by atoms with Crippen molar-refractivity contribution in [3.63, 3.8) is 0 Å². The SMILES string of the molecule is COC(=O)c1ccccc1S(=O)(=O)Nc1ccc(N2CCCC2)cc1. The summed E-state index contributed by atoms with van der Waals surface area (Å²) in [7, 11) is -2.68. The Morgan fingerprint density at radius 2 is 1.68 bits per heavy atom. The van der Waals surface area contributed by atoms with E-state index in [1.165, 1.54) is 32.1 Å². The number of nitrogens with one attached hydrogen (secondary N) is 1. The Bertz CT molecular complexity index is 857. The first kappa shape index (κ1) is 17.3. The number of methoxy groups -OCH3 is 1. The second-order valence-corrected chi connectivity index (χ2v) is 7.49. The Hall–Kier alpha value is -2.54. The molecule has 0 aromatic heterocycles. The highest BCUT2D eigenvalue weighted by Gasteiger charge is 2.22. The average molecular weight is 360 g/mol. The number of anilines is 2. The van der Waals surface area contributed by atoms with Crippen molar-refractivity contribution in [1.82, 2.24) is 0 Å². The van der Waals surface area contributed by atoms with E-state index in [4.69, 9.17) is 0 Å². The molecule has 1 aliphatic heterocycles. The van der Waals surface area contributed by atoms with Gasteiger partial charge in [0.25, 0.3) is 10.0 Å². The van der Waals surface area contributed by atoms with E-state index in [9.17, 15) is 13.2 Å². The number of nitrogens with zero attached hydrogens (tertiary/aromatic N) is 1. The zero-order valence-electron chi connectivity index (χ0n) is 13.9. The molecule has 2 aromatic rings. The Kier molecular flexibility index (Phi) is 4.94. The van der Waals surface area contributed by atoms with Crippen LogP contribution in [0.2, 0.25) is 0 Å². The van der Waals surface area contributed by atoms with Crippen molar-refractivity contribution in [2.75, 3.05) is 29.8 Å². The number of ether oxygens (including phenoxy) is 1. The molecule has 6 nitrogen and oxygen atoms in total. The molecule has 0 unspecified atom stereocenters. The van der Waals surface area contributed by atoms with Gasteiger partial charge < -0.3 is 9.64 Å². The number of sulfonamides is 1. The second kappa shape index (κ2) is 7.14. The van der Waals surface area contributed by atoms with E-state index in [1.807, 2.05) is 12.1 Å². The van der Waals surface area contributed by atoms with Crippen LogP contribution in [0.25, 0.3) is 0 Å². The third kappa shape index (κ3) is 3.76. The van der Waals surface area contributed by atoms with Crippen LogP contribution >= 0.6 is 0 Å². The highest BCUT2D eigenvalue weighted by molar-refractivity contribution is 7.92. The minimum absolute atomic E-state index is 0.00573. The summed E-state index contributed by atoms with van der Waals surface area (Å²) in [5, 5.41) is 0. The molecule has 1 N–H and O–H groups in total. The largest absolute Gasteiger partial charge is 0.465 e. The van der Waals surface area contributed by atoms with Crippen LogP contribution in [-0.2, 0) is 14.8 Å². The standard InChI is InChI=1S/C18H20N2O4S/c1-24-18(21)16-6-2-3-7-17(16)25(22,23)19-14-8-10-15(11-9-14)20-12-4-5-13-20/h2-3,6-11,19H,4-5,12-13H2,1H3. The summed E-state index contributed by atoms with van der Waals surface area (Å²) in [5.41, 5.74) is 1.53. The first-order chi connectivity index (χ1) is 12.0. The van der Waals surface area contributed by atoms with Gasteiger partial charge in [0, 0.05) is 24.5 Å². The fourth-order valence-corrected chi connectivity index (χ4v) is 4.16. The van der Waals surface area contributed by atoms with Crippen LogP contribution in [-0.4, -0.2) is 34.6 Å². The normalized spacial score (nSPS) is 14.4. The number of esters is 1. The molecule has 0 atom stereocenters. The van der Waals surface area contributed by atoms with E-state index in [0.717, 1.165) is 18.8 Å². The zero-order valence-corrected chi connectivity index (χ0v) is 14.8. The lowest BCUT2D eigenvalue weighted by atomic mass is 10.2. The van der Waals surface area contributed by atoms with E-state index in [2.05, 4.69) is 14.4 Å². The van der Waals surface area contributed by atoms with Crippen LogP contribution in [0.15, 0.2) is 53.4 Å². The molecule has 0 spiro atoms. The molecule has 2 aromatic carbocycles. The van der Waals surface area contributed by atoms with Crippen molar-refractivity contribution in [2.45, 2.75) is 17.7 Å². The number of carbonyl (C=O) groups is 1. The molecule has 0 saturated carbocycles. The molecule has 1 heterocycles. The predicted octanol–water partition coefficient (Wildman–Crippen LogP) is 2.87. The fraction of sp³-hybridized carbons (Fsp3) is 0.278. The molecule has 25 heavy (non-hydrogen) atoms. The third-order valence-corrected chi connectivity index (χ3v) is 5.61. The Labute approximate surface area is 147 Å². The lowest BCUT2D eigenvalue weighted by Gasteiger charge is -2.18. The molecule has 7 heteroatoms. The summed E-state index contributed by atoms with van der Waals surface area (Å²) in [6.45, 7) is 2.05. The van der Waals surface area contributed by atoms with Crippen molar-refractivity contribution in [3.8, 4) is 0 Å². The molecule has 1 saturated heterocycles. The summed E-state index contributed by atoms with van der Waals surface area (Å²) in [6, 6.07) is 13.2. The number of hydrogen-bond donors (Lipinski definition) is 1. The highest BCUT2D eigenvalue weighted by atomic mass is 32.2. The minimum atomic E-state index is -3.90. The topological polar surface area (TPSA) is 75.7 Å². The molecular formula is C18H20N2O4S. The van der Waals surface area contributed by atoms with Gasteiger partial charge in [-0.25, -0.2) is 13.2 Å². The number of rotatable bonds is 5. The number of carbonyl (C=O) groups excluding carboxylic acids is 1. The molecule has 132 valence electrons. The first-order valence-electron chi connectivity index (χ1n) is 8.06. The zero-order chi connectivity index (χ0) is 17.9. The van der Waals surface area contributed by atoms with Gasteiger partial charge >= 0.3 is 5.97 Å². The van der Waals surface area contributed by atoms with E-state index < -0.39 is 16.0 Å². The molecule has 0 amide bonds. The Morgan fingerprint density at radius 1 is 1.04 bits per heavy atom. The second-order valence-electron chi connectivity index (χ2n) is 5.83. The van der Waals surface area contributed by atoms with Gasteiger partial charge in [0.2, 0.25) is 0 Å². The van der Waals surface area contributed by atoms with Crippen molar-refractivity contribution in [2.24, 2.45) is 0 Å². The monoisotopic (exact) mass is 360 g/mol. The maximum Gasteiger partial charge on any atom is 0.339 e. The maximum atomic E-state index is 12.7. The highest BCUT2D eigenvalue weighted by Crippen LogP contribution is 2.24. The van der Waals surface area contributed by atoms with E-state index in [1.54, 1.807) is 24.3 Å². The molecule has 0 bridgehead atoms. The van der Waals surface area contributed by atoms with E-state index in [0.29, 0.717) is 5.69 Å². The van der Waals surface area contributed by atoms with Gasteiger partial charge in [0.05, 0.1) is 12.7 Å². The van der Waals surface area contributed by atoms with Crippen molar-refractivity contribution in [3.05, 3.63) is 54.1 Å². The Morgan fingerprint density at radius 3 is 2.32 bits per heavy atom. The van der Waals surface area contributed by atoms with Gasteiger partial charge in [0.15, 0.2) is 0 Å². The van der Waals surface area contributed by atoms with Crippen LogP contribution in [0.3, 0.4) is 0 Å². The summed E-state index contributed by atoms with van der Waals surface area (Å²) in [5.74, 6) is -0.689. The molecule has 3 rings (SSSR count). The van der Waals surface area contributed by atoms with Crippen molar-refractivity contribution < 1.29 is 17.9 Å². The van der Waals surface area contributed by atoms with Gasteiger partial charge in [-0.1, -0.05) is 12.1 Å². The van der Waals surface area contributed by atoms with E-state index >= 15 is 0 Å². The van der Waals surface area contributed by atoms with Crippen LogP contribution < -0.4 is 9.62 Å². The fourth-order valence-electron chi connectivity index (χ4n) is 2.91. The van der Waals surface area contributed by atoms with Gasteiger partial charge in [0.1, 0.15) is 4.90 Å². The van der Waals surface area contributed by atoms with Gasteiger partial charge in [-0.2, -0.15) is 0 Å². The summed E-state index contributed by atoms with van der Waals surface area (Å²) < 4.78 is 32.5. The maximum absolute atomic E-state index is 12.7. The lowest BCUT2D eigenvalue weighted by Crippen LogP contribution is -2.18. The summed E-state index contributed by atoms with van der Waals surface area (Å²) in [6.07, 6.45) is 2.36. The van der Waals surface area contributed by atoms with Crippen LogP contribution in [0.5, 0.6) is 0 Å². The van der Waals surface area contributed by atoms with Gasteiger partial charge in [-0.15, -0.1) is 0 Å².